The lowest BCUT2D eigenvalue weighted by atomic mass is 10.2. The number of aryl methyl sites for hydroxylation is 1. The number of halogens is 1. The van der Waals surface area contributed by atoms with Gasteiger partial charge in [0.15, 0.2) is 5.75 Å². The van der Waals surface area contributed by atoms with Crippen molar-refractivity contribution in [2.45, 2.75) is 6.92 Å². The summed E-state index contributed by atoms with van der Waals surface area (Å²) in [7, 11) is 1.18. The van der Waals surface area contributed by atoms with Crippen molar-refractivity contribution in [2.24, 2.45) is 5.18 Å². The molecule has 0 aliphatic carbocycles. The van der Waals surface area contributed by atoms with Gasteiger partial charge in [-0.1, -0.05) is 6.07 Å². The molecular weight excluding hydrogens is 424 g/mol. The first-order chi connectivity index (χ1) is 12.9. The van der Waals surface area contributed by atoms with Crippen molar-refractivity contribution in [3.63, 3.8) is 0 Å². The second-order valence-electron chi connectivity index (χ2n) is 5.31. The van der Waals surface area contributed by atoms with E-state index in [0.717, 1.165) is 11.6 Å². The third-order valence-corrected chi connectivity index (χ3v) is 4.12. The van der Waals surface area contributed by atoms with E-state index in [-0.39, 0.29) is 35.9 Å². The van der Waals surface area contributed by atoms with Gasteiger partial charge in [-0.15, -0.1) is 4.91 Å². The molecule has 0 bridgehead atoms. The molecule has 0 aromatic heterocycles. The third kappa shape index (κ3) is 5.00. The second kappa shape index (κ2) is 9.08. The highest BCUT2D eigenvalue weighted by Gasteiger charge is 2.22. The molecule has 27 heavy (non-hydrogen) atoms. The Morgan fingerprint density at radius 2 is 1.85 bits per heavy atom. The number of nitro benzene ring substituents is 1. The summed E-state index contributed by atoms with van der Waals surface area (Å²) in [4.78, 5) is 33.0. The topological polar surface area (TPSA) is 117 Å². The molecule has 0 atom stereocenters. The van der Waals surface area contributed by atoms with Gasteiger partial charge in [-0.05, 0) is 45.7 Å². The normalized spacial score (nSPS) is 10.2. The molecule has 0 aliphatic heterocycles. The molecule has 0 amide bonds. The Bertz CT molecular complexity index is 886. The Balaban J connectivity index is 2.10. The maximum absolute atomic E-state index is 11.7. The summed E-state index contributed by atoms with van der Waals surface area (Å²) in [5.41, 5.74) is 0.659. The number of esters is 1. The number of nitroso groups, excluding NO2 is 1. The van der Waals surface area contributed by atoms with E-state index in [9.17, 15) is 19.8 Å². The van der Waals surface area contributed by atoms with Gasteiger partial charge in [-0.2, -0.15) is 0 Å². The van der Waals surface area contributed by atoms with Crippen LogP contribution in [0.1, 0.15) is 15.9 Å². The van der Waals surface area contributed by atoms with E-state index >= 15 is 0 Å². The molecule has 0 heterocycles. The number of ether oxygens (including phenoxy) is 3. The first kappa shape index (κ1) is 20.3. The van der Waals surface area contributed by atoms with E-state index in [4.69, 9.17) is 9.47 Å². The summed E-state index contributed by atoms with van der Waals surface area (Å²) >= 11 is 3.16. The lowest BCUT2D eigenvalue weighted by Crippen LogP contribution is -2.11. The highest BCUT2D eigenvalue weighted by Crippen LogP contribution is 2.34. The fourth-order valence-corrected chi connectivity index (χ4v) is 2.67. The molecule has 0 fully saturated rings. The zero-order valence-electron chi connectivity index (χ0n) is 14.4. The molecule has 2 rings (SSSR count). The van der Waals surface area contributed by atoms with Crippen LogP contribution in [0.2, 0.25) is 0 Å². The summed E-state index contributed by atoms with van der Waals surface area (Å²) in [6.45, 7) is 1.83. The largest absolute Gasteiger partial charge is 0.488 e. The minimum absolute atomic E-state index is 0.00857. The third-order valence-electron chi connectivity index (χ3n) is 3.46. The molecule has 0 saturated carbocycles. The summed E-state index contributed by atoms with van der Waals surface area (Å²) in [6.07, 6.45) is 0. The van der Waals surface area contributed by atoms with Crippen molar-refractivity contribution >= 4 is 33.3 Å². The van der Waals surface area contributed by atoms with Crippen LogP contribution in [0.5, 0.6) is 11.5 Å². The molecule has 2 aromatic rings. The summed E-state index contributed by atoms with van der Waals surface area (Å²) < 4.78 is 15.8. The van der Waals surface area contributed by atoms with Gasteiger partial charge in [0.25, 0.3) is 0 Å². The van der Waals surface area contributed by atoms with Crippen molar-refractivity contribution in [1.82, 2.24) is 0 Å². The highest BCUT2D eigenvalue weighted by atomic mass is 79.9. The zero-order chi connectivity index (χ0) is 20.0. The van der Waals surface area contributed by atoms with Gasteiger partial charge in [0, 0.05) is 16.6 Å². The molecule has 0 unspecified atom stereocenters. The number of nitro groups is 1. The zero-order valence-corrected chi connectivity index (χ0v) is 16.0. The highest BCUT2D eigenvalue weighted by molar-refractivity contribution is 9.10. The van der Waals surface area contributed by atoms with E-state index in [1.54, 1.807) is 12.1 Å². The first-order valence-corrected chi connectivity index (χ1v) is 8.42. The van der Waals surface area contributed by atoms with E-state index in [1.165, 1.54) is 19.2 Å². The number of methoxy groups -OCH3 is 1. The first-order valence-electron chi connectivity index (χ1n) is 7.63. The molecular formula is C17H15BrN2O7. The second-order valence-corrected chi connectivity index (χ2v) is 6.16. The van der Waals surface area contributed by atoms with Crippen molar-refractivity contribution in [3.8, 4) is 11.5 Å². The summed E-state index contributed by atoms with van der Waals surface area (Å²) in [6, 6.07) is 7.30. The van der Waals surface area contributed by atoms with Gasteiger partial charge in [0.1, 0.15) is 24.7 Å². The number of rotatable bonds is 8. The van der Waals surface area contributed by atoms with Gasteiger partial charge < -0.3 is 14.2 Å². The van der Waals surface area contributed by atoms with E-state index in [1.807, 2.05) is 6.92 Å². The maximum atomic E-state index is 11.7. The SMILES string of the molecule is COC(=O)c1cc([N+](=O)[O-])c(OCCOc2cc(C)ccc2N=O)cc1Br. The Morgan fingerprint density at radius 3 is 2.44 bits per heavy atom. The van der Waals surface area contributed by atoms with Crippen LogP contribution in [0, 0.1) is 21.9 Å². The van der Waals surface area contributed by atoms with Crippen LogP contribution in [-0.2, 0) is 4.74 Å². The monoisotopic (exact) mass is 438 g/mol. The van der Waals surface area contributed by atoms with Crippen molar-refractivity contribution in [3.05, 3.63) is 61.0 Å². The molecule has 9 nitrogen and oxygen atoms in total. The minimum Gasteiger partial charge on any atom is -0.488 e. The fraction of sp³-hybridized carbons (Fsp3) is 0.235. The molecule has 0 aliphatic rings. The van der Waals surface area contributed by atoms with Gasteiger partial charge in [0.2, 0.25) is 0 Å². The van der Waals surface area contributed by atoms with Crippen LogP contribution in [0.15, 0.2) is 40.0 Å². The van der Waals surface area contributed by atoms with Gasteiger partial charge in [-0.3, -0.25) is 10.1 Å². The fourth-order valence-electron chi connectivity index (χ4n) is 2.18. The van der Waals surface area contributed by atoms with Crippen LogP contribution in [0.25, 0.3) is 0 Å². The van der Waals surface area contributed by atoms with Crippen LogP contribution in [0.3, 0.4) is 0 Å². The Labute approximate surface area is 162 Å². The summed E-state index contributed by atoms with van der Waals surface area (Å²) in [5.74, 6) is -0.459. The Morgan fingerprint density at radius 1 is 1.19 bits per heavy atom. The van der Waals surface area contributed by atoms with E-state index in [2.05, 4.69) is 25.8 Å². The number of nitrogens with zero attached hydrogens (tertiary/aromatic N) is 2. The van der Waals surface area contributed by atoms with E-state index < -0.39 is 10.9 Å². The summed E-state index contributed by atoms with van der Waals surface area (Å²) in [5, 5.41) is 14.1. The van der Waals surface area contributed by atoms with Crippen molar-refractivity contribution in [1.29, 1.82) is 0 Å². The predicted octanol–water partition coefficient (Wildman–Crippen LogP) is 4.31. The van der Waals surface area contributed by atoms with E-state index in [0.29, 0.717) is 10.2 Å². The minimum atomic E-state index is -0.715. The molecule has 10 heteroatoms. The standard InChI is InChI=1S/C17H15BrN2O7/c1-10-3-4-13(19-22)15(7-10)26-5-6-27-16-9-12(18)11(17(21)25-2)8-14(16)20(23)24/h3-4,7-9H,5-6H2,1-2H3. The molecule has 0 saturated heterocycles. The predicted molar refractivity (Wildman–Crippen MR) is 99.8 cm³/mol. The van der Waals surface area contributed by atoms with Crippen molar-refractivity contribution in [2.75, 3.05) is 20.3 Å². The number of benzene rings is 2. The molecule has 2 aromatic carbocycles. The molecule has 0 N–H and O–H groups in total. The van der Waals surface area contributed by atoms with Crippen LogP contribution < -0.4 is 9.47 Å². The number of hydrogen-bond donors (Lipinski definition) is 0. The maximum Gasteiger partial charge on any atom is 0.339 e. The van der Waals surface area contributed by atoms with Crippen LogP contribution in [0.4, 0.5) is 11.4 Å². The smallest absolute Gasteiger partial charge is 0.339 e. The molecule has 0 radical (unpaired) electrons. The van der Waals surface area contributed by atoms with Crippen LogP contribution >= 0.6 is 15.9 Å². The lowest BCUT2D eigenvalue weighted by molar-refractivity contribution is -0.385. The average Bonchev–Trinajstić information content (AvgIpc) is 2.64. The number of hydrogen-bond acceptors (Lipinski definition) is 8. The van der Waals surface area contributed by atoms with Gasteiger partial charge >= 0.3 is 11.7 Å². The quantitative estimate of drug-likeness (QED) is 0.198. The van der Waals surface area contributed by atoms with Crippen LogP contribution in [-0.4, -0.2) is 31.2 Å². The molecule has 142 valence electrons. The Hall–Kier alpha value is -3.01. The molecule has 0 spiro atoms. The van der Waals surface area contributed by atoms with Gasteiger partial charge in [0.05, 0.1) is 17.6 Å². The lowest BCUT2D eigenvalue weighted by Gasteiger charge is -2.11. The number of carbonyl (C=O) groups excluding carboxylic acids is 1. The number of carbonyl (C=O) groups is 1. The average molecular weight is 439 g/mol. The van der Waals surface area contributed by atoms with Crippen molar-refractivity contribution < 1.29 is 23.9 Å². The van der Waals surface area contributed by atoms with Gasteiger partial charge in [-0.25, -0.2) is 4.79 Å². The Kier molecular flexibility index (Phi) is 6.83.